The standard InChI is InChI=1S/C19H19N3O8/c1-28-13-12-9-11(15(24)29-2)19(14(13)23,16(25)30-3)22-18(27)20(17(26)21(12)22)10-7-5-4-6-8-10/h4-9,12-14,23H,1-3H3/t12?,13-,14?,19?/m1/s1. The van der Waals surface area contributed by atoms with Crippen LogP contribution in [0.4, 0.5) is 0 Å². The highest BCUT2D eigenvalue weighted by Crippen LogP contribution is 2.46. The maximum atomic E-state index is 13.4. The number of aromatic nitrogens is 3. The number of ether oxygens (including phenoxy) is 3. The minimum Gasteiger partial charge on any atom is -0.467 e. The van der Waals surface area contributed by atoms with Crippen molar-refractivity contribution in [1.29, 1.82) is 0 Å². The highest BCUT2D eigenvalue weighted by molar-refractivity contribution is 6.01. The zero-order chi connectivity index (χ0) is 21.8. The summed E-state index contributed by atoms with van der Waals surface area (Å²) in [7, 11) is 3.43. The second-order valence-electron chi connectivity index (χ2n) is 6.86. The lowest BCUT2D eigenvalue weighted by atomic mass is 9.72. The molecule has 4 atom stereocenters. The van der Waals surface area contributed by atoms with Crippen molar-refractivity contribution in [3.8, 4) is 5.69 Å². The van der Waals surface area contributed by atoms with Crippen molar-refractivity contribution in [2.75, 3.05) is 21.3 Å². The summed E-state index contributed by atoms with van der Waals surface area (Å²) in [5.41, 5.74) is -4.12. The molecule has 11 heteroatoms. The molecule has 0 spiro atoms. The molecule has 158 valence electrons. The molecule has 2 aromatic rings. The Bertz CT molecular complexity index is 1170. The van der Waals surface area contributed by atoms with Crippen LogP contribution < -0.4 is 11.4 Å². The number of fused-ring (bicyclic) bond motifs is 1. The predicted octanol–water partition coefficient (Wildman–Crippen LogP) is -1.29. The van der Waals surface area contributed by atoms with Crippen LogP contribution >= 0.6 is 0 Å². The Morgan fingerprint density at radius 3 is 2.27 bits per heavy atom. The van der Waals surface area contributed by atoms with Crippen LogP contribution in [-0.4, -0.2) is 64.5 Å². The Kier molecular flexibility index (Phi) is 4.51. The van der Waals surface area contributed by atoms with Gasteiger partial charge in [0.15, 0.2) is 0 Å². The highest BCUT2D eigenvalue weighted by Gasteiger charge is 2.67. The van der Waals surface area contributed by atoms with E-state index in [0.717, 1.165) is 28.2 Å². The van der Waals surface area contributed by atoms with Crippen LogP contribution in [0.3, 0.4) is 0 Å². The summed E-state index contributed by atoms with van der Waals surface area (Å²) < 4.78 is 17.6. The summed E-state index contributed by atoms with van der Waals surface area (Å²) in [5.74, 6) is -2.06. The van der Waals surface area contributed by atoms with Crippen LogP contribution in [0.25, 0.3) is 5.69 Å². The van der Waals surface area contributed by atoms with Crippen LogP contribution in [0.15, 0.2) is 51.6 Å². The highest BCUT2D eigenvalue weighted by atomic mass is 16.5. The summed E-state index contributed by atoms with van der Waals surface area (Å²) in [6.07, 6.45) is -1.52. The van der Waals surface area contributed by atoms with E-state index in [9.17, 15) is 24.3 Å². The topological polar surface area (TPSA) is 131 Å². The predicted molar refractivity (Wildman–Crippen MR) is 100 cm³/mol. The summed E-state index contributed by atoms with van der Waals surface area (Å²) >= 11 is 0. The molecule has 1 N–H and O–H groups in total. The minimum atomic E-state index is -2.37. The molecule has 0 amide bonds. The van der Waals surface area contributed by atoms with Gasteiger partial charge in [0.25, 0.3) is 0 Å². The van der Waals surface area contributed by atoms with Crippen molar-refractivity contribution in [1.82, 2.24) is 13.9 Å². The van der Waals surface area contributed by atoms with Crippen LogP contribution in [0.1, 0.15) is 6.04 Å². The number of aliphatic hydroxyl groups is 1. The van der Waals surface area contributed by atoms with Gasteiger partial charge in [-0.2, -0.15) is 0 Å². The van der Waals surface area contributed by atoms with Gasteiger partial charge in [0.1, 0.15) is 18.2 Å². The second-order valence-corrected chi connectivity index (χ2v) is 6.86. The molecule has 1 aliphatic carbocycles. The number of rotatable bonds is 4. The number of esters is 2. The van der Waals surface area contributed by atoms with Crippen molar-refractivity contribution >= 4 is 11.9 Å². The molecular weight excluding hydrogens is 398 g/mol. The molecule has 0 radical (unpaired) electrons. The Morgan fingerprint density at radius 2 is 1.70 bits per heavy atom. The third kappa shape index (κ3) is 2.21. The molecule has 1 aromatic carbocycles. The van der Waals surface area contributed by atoms with Gasteiger partial charge in [-0.25, -0.2) is 33.1 Å². The first-order valence-corrected chi connectivity index (χ1v) is 8.98. The number of carbonyl (C=O) groups is 2. The van der Waals surface area contributed by atoms with Gasteiger partial charge in [0.05, 0.1) is 25.5 Å². The minimum absolute atomic E-state index is 0.254. The van der Waals surface area contributed by atoms with E-state index < -0.39 is 47.1 Å². The second kappa shape index (κ2) is 6.82. The molecule has 0 saturated heterocycles. The SMILES string of the molecule is COC(=O)C1=CC2[C@@H](OC)C(O)C1(C(=O)OC)n1c(=O)n(-c3ccccc3)c(=O)n12. The number of benzene rings is 1. The quantitative estimate of drug-likeness (QED) is 0.608. The fraction of sp³-hybridized carbons (Fsp3) is 0.368. The molecule has 5 rings (SSSR count). The number of hydrogen-bond donors (Lipinski definition) is 1. The summed E-state index contributed by atoms with van der Waals surface area (Å²) in [6, 6.07) is 7.03. The number of para-hydroxylation sites is 1. The molecule has 3 unspecified atom stereocenters. The van der Waals surface area contributed by atoms with Crippen LogP contribution in [0.2, 0.25) is 0 Å². The van der Waals surface area contributed by atoms with Crippen LogP contribution in [-0.2, 0) is 29.3 Å². The monoisotopic (exact) mass is 417 g/mol. The number of hydrogen-bond acceptors (Lipinski definition) is 8. The maximum absolute atomic E-state index is 13.4. The maximum Gasteiger partial charge on any atom is 0.353 e. The summed E-state index contributed by atoms with van der Waals surface area (Å²) in [6.45, 7) is 0. The lowest BCUT2D eigenvalue weighted by Gasteiger charge is -2.50. The van der Waals surface area contributed by atoms with Gasteiger partial charge in [-0.1, -0.05) is 18.2 Å². The smallest absolute Gasteiger partial charge is 0.353 e. The third-order valence-corrected chi connectivity index (χ3v) is 5.60. The van der Waals surface area contributed by atoms with E-state index in [1.54, 1.807) is 30.3 Å². The van der Waals surface area contributed by atoms with E-state index in [-0.39, 0.29) is 11.3 Å². The average Bonchev–Trinajstić information content (AvgIpc) is 3.04. The van der Waals surface area contributed by atoms with Crippen molar-refractivity contribution in [2.24, 2.45) is 0 Å². The Morgan fingerprint density at radius 1 is 1.03 bits per heavy atom. The summed E-state index contributed by atoms with van der Waals surface area (Å²) in [5, 5.41) is 11.1. The molecular formula is C19H19N3O8. The van der Waals surface area contributed by atoms with E-state index in [4.69, 9.17) is 14.2 Å². The molecule has 11 nitrogen and oxygen atoms in total. The zero-order valence-electron chi connectivity index (χ0n) is 16.3. The largest absolute Gasteiger partial charge is 0.467 e. The average molecular weight is 417 g/mol. The van der Waals surface area contributed by atoms with Crippen molar-refractivity contribution < 1.29 is 28.9 Å². The van der Waals surface area contributed by atoms with Gasteiger partial charge in [-0.3, -0.25) is 0 Å². The number of nitrogens with zero attached hydrogens (tertiary/aromatic N) is 3. The first-order valence-electron chi connectivity index (χ1n) is 8.98. The van der Waals surface area contributed by atoms with E-state index in [2.05, 4.69) is 0 Å². The molecule has 0 saturated carbocycles. The molecule has 3 heterocycles. The van der Waals surface area contributed by atoms with Gasteiger partial charge in [0.2, 0.25) is 5.54 Å². The van der Waals surface area contributed by atoms with Crippen LogP contribution in [0.5, 0.6) is 0 Å². The summed E-state index contributed by atoms with van der Waals surface area (Å²) in [4.78, 5) is 52.3. The normalized spacial score (nSPS) is 26.7. The van der Waals surface area contributed by atoms with Crippen molar-refractivity contribution in [2.45, 2.75) is 23.8 Å². The molecule has 1 aromatic heterocycles. The van der Waals surface area contributed by atoms with E-state index in [0.29, 0.717) is 0 Å². The Balaban J connectivity index is 2.15. The van der Waals surface area contributed by atoms with Crippen molar-refractivity contribution in [3.05, 3.63) is 62.9 Å². The van der Waals surface area contributed by atoms with Gasteiger partial charge in [-0.05, 0) is 18.2 Å². The van der Waals surface area contributed by atoms with Gasteiger partial charge in [-0.15, -0.1) is 0 Å². The lowest BCUT2D eigenvalue weighted by molar-refractivity contribution is -0.180. The first kappa shape index (κ1) is 19.9. The van der Waals surface area contributed by atoms with Gasteiger partial charge in [0, 0.05) is 7.11 Å². The van der Waals surface area contributed by atoms with E-state index in [1.165, 1.54) is 13.2 Å². The first-order chi connectivity index (χ1) is 14.4. The number of methoxy groups -OCH3 is 3. The molecule has 30 heavy (non-hydrogen) atoms. The molecule has 2 bridgehead atoms. The van der Waals surface area contributed by atoms with E-state index >= 15 is 0 Å². The molecule has 2 aliphatic heterocycles. The fourth-order valence-corrected chi connectivity index (χ4v) is 4.34. The Hall–Kier alpha value is -3.44. The zero-order valence-corrected chi connectivity index (χ0v) is 16.3. The molecule has 0 fully saturated rings. The fourth-order valence-electron chi connectivity index (χ4n) is 4.34. The van der Waals surface area contributed by atoms with E-state index in [1.807, 2.05) is 0 Å². The van der Waals surface area contributed by atoms with Gasteiger partial charge < -0.3 is 19.3 Å². The van der Waals surface area contributed by atoms with Crippen molar-refractivity contribution in [3.63, 3.8) is 0 Å². The third-order valence-electron chi connectivity index (χ3n) is 5.60. The van der Waals surface area contributed by atoms with Crippen LogP contribution in [0, 0.1) is 0 Å². The number of carbonyl (C=O) groups excluding carboxylic acids is 2. The number of aliphatic hydroxyl groups excluding tert-OH is 1. The van der Waals surface area contributed by atoms with Gasteiger partial charge >= 0.3 is 23.3 Å². The lowest BCUT2D eigenvalue weighted by Crippen LogP contribution is -2.71. The Labute approximate surface area is 169 Å². The molecule has 3 aliphatic rings.